The van der Waals surface area contributed by atoms with E-state index in [1.165, 1.54) is 14.2 Å². The molecular formula is C12H15NO3. The van der Waals surface area contributed by atoms with E-state index in [-0.39, 0.29) is 24.5 Å². The van der Waals surface area contributed by atoms with Crippen molar-refractivity contribution in [3.63, 3.8) is 0 Å². The Labute approximate surface area is 94.8 Å². The molecule has 0 saturated carbocycles. The van der Waals surface area contributed by atoms with Gasteiger partial charge in [0.2, 0.25) is 0 Å². The number of hydroxylamine groups is 2. The fourth-order valence-electron chi connectivity index (χ4n) is 1.27. The maximum Gasteiger partial charge on any atom is 0.253 e. The van der Waals surface area contributed by atoms with Crippen LogP contribution in [0.1, 0.15) is 12.0 Å². The third-order valence-electron chi connectivity index (χ3n) is 2.22. The Morgan fingerprint density at radius 3 is 2.44 bits per heavy atom. The van der Waals surface area contributed by atoms with Crippen LogP contribution in [0, 0.1) is 0 Å². The molecule has 0 N–H and O–H groups in total. The molecule has 0 fully saturated rings. The zero-order chi connectivity index (χ0) is 12.0. The van der Waals surface area contributed by atoms with Crippen LogP contribution in [-0.4, -0.2) is 30.9 Å². The van der Waals surface area contributed by atoms with E-state index in [2.05, 4.69) is 0 Å². The van der Waals surface area contributed by atoms with Gasteiger partial charge in [-0.3, -0.25) is 14.4 Å². The van der Waals surface area contributed by atoms with Crippen LogP contribution >= 0.6 is 0 Å². The van der Waals surface area contributed by atoms with Gasteiger partial charge in [0.1, 0.15) is 5.78 Å². The second-order valence-electron chi connectivity index (χ2n) is 3.45. The molecule has 1 aromatic carbocycles. The molecule has 0 atom stereocenters. The van der Waals surface area contributed by atoms with Gasteiger partial charge >= 0.3 is 0 Å². The van der Waals surface area contributed by atoms with E-state index in [0.717, 1.165) is 10.6 Å². The Bertz CT molecular complexity index is 362. The number of nitrogens with zero attached hydrogens (tertiary/aromatic N) is 1. The third-order valence-corrected chi connectivity index (χ3v) is 2.22. The van der Waals surface area contributed by atoms with Crippen LogP contribution in [0.5, 0.6) is 0 Å². The van der Waals surface area contributed by atoms with Crippen LogP contribution in [0.25, 0.3) is 0 Å². The van der Waals surface area contributed by atoms with Crippen molar-refractivity contribution in [2.45, 2.75) is 12.8 Å². The van der Waals surface area contributed by atoms with Crippen molar-refractivity contribution in [2.75, 3.05) is 14.2 Å². The van der Waals surface area contributed by atoms with E-state index >= 15 is 0 Å². The number of amides is 1. The average molecular weight is 221 g/mol. The number of ketones is 1. The number of hydrogen-bond acceptors (Lipinski definition) is 3. The van der Waals surface area contributed by atoms with E-state index in [1.54, 1.807) is 0 Å². The first-order valence-corrected chi connectivity index (χ1v) is 4.99. The largest absolute Gasteiger partial charge is 0.299 e. The van der Waals surface area contributed by atoms with Gasteiger partial charge in [-0.2, -0.15) is 0 Å². The topological polar surface area (TPSA) is 46.6 Å². The summed E-state index contributed by atoms with van der Waals surface area (Å²) in [6.07, 6.45) is 0.156. The fraction of sp³-hybridized carbons (Fsp3) is 0.333. The minimum Gasteiger partial charge on any atom is -0.299 e. The van der Waals surface area contributed by atoms with E-state index in [1.807, 2.05) is 30.3 Å². The summed E-state index contributed by atoms with van der Waals surface area (Å²) >= 11 is 0. The van der Waals surface area contributed by atoms with Crippen LogP contribution in [-0.2, 0) is 20.8 Å². The van der Waals surface area contributed by atoms with E-state index in [0.29, 0.717) is 0 Å². The Kier molecular flexibility index (Phi) is 4.66. The smallest absolute Gasteiger partial charge is 0.253 e. The van der Waals surface area contributed by atoms with Crippen molar-refractivity contribution in [2.24, 2.45) is 0 Å². The standard InChI is InChI=1S/C12H15NO3/c1-13(16-2)12(15)9-11(14)8-10-6-4-3-5-7-10/h3-7H,8-9H2,1-2H3. The highest BCUT2D eigenvalue weighted by molar-refractivity contribution is 5.98. The van der Waals surface area contributed by atoms with Gasteiger partial charge in [-0.1, -0.05) is 30.3 Å². The zero-order valence-corrected chi connectivity index (χ0v) is 9.47. The van der Waals surface area contributed by atoms with Gasteiger partial charge in [0.15, 0.2) is 0 Å². The van der Waals surface area contributed by atoms with Crippen molar-refractivity contribution in [1.82, 2.24) is 5.06 Å². The summed E-state index contributed by atoms with van der Waals surface area (Å²) in [6.45, 7) is 0. The van der Waals surface area contributed by atoms with Gasteiger partial charge in [-0.15, -0.1) is 0 Å². The van der Waals surface area contributed by atoms with Gasteiger partial charge in [0.05, 0.1) is 13.5 Å². The molecular weight excluding hydrogens is 206 g/mol. The summed E-state index contributed by atoms with van der Waals surface area (Å²) in [7, 11) is 2.87. The number of carbonyl (C=O) groups excluding carboxylic acids is 2. The van der Waals surface area contributed by atoms with Crippen molar-refractivity contribution in [3.05, 3.63) is 35.9 Å². The van der Waals surface area contributed by atoms with Crippen molar-refractivity contribution in [3.8, 4) is 0 Å². The Morgan fingerprint density at radius 1 is 1.25 bits per heavy atom. The fourth-order valence-corrected chi connectivity index (χ4v) is 1.27. The molecule has 0 unspecified atom stereocenters. The number of hydrogen-bond donors (Lipinski definition) is 0. The second-order valence-corrected chi connectivity index (χ2v) is 3.45. The van der Waals surface area contributed by atoms with Gasteiger partial charge in [-0.25, -0.2) is 5.06 Å². The monoisotopic (exact) mass is 221 g/mol. The minimum atomic E-state index is -0.330. The lowest BCUT2D eigenvalue weighted by atomic mass is 10.1. The third kappa shape index (κ3) is 3.82. The first-order valence-electron chi connectivity index (χ1n) is 4.99. The minimum absolute atomic E-state index is 0.111. The average Bonchev–Trinajstić information content (AvgIpc) is 2.29. The molecule has 4 nitrogen and oxygen atoms in total. The lowest BCUT2D eigenvalue weighted by Crippen LogP contribution is -2.27. The Morgan fingerprint density at radius 2 is 1.88 bits per heavy atom. The molecule has 0 radical (unpaired) electrons. The molecule has 0 aliphatic heterocycles. The molecule has 16 heavy (non-hydrogen) atoms. The first-order chi connectivity index (χ1) is 7.63. The van der Waals surface area contributed by atoms with Crippen LogP contribution < -0.4 is 0 Å². The molecule has 0 aliphatic carbocycles. The first kappa shape index (κ1) is 12.4. The summed E-state index contributed by atoms with van der Waals surface area (Å²) in [5, 5.41) is 1.06. The summed E-state index contributed by atoms with van der Waals surface area (Å²) in [4.78, 5) is 27.6. The highest BCUT2D eigenvalue weighted by Crippen LogP contribution is 2.03. The molecule has 1 rings (SSSR count). The maximum atomic E-state index is 11.5. The van der Waals surface area contributed by atoms with Gasteiger partial charge < -0.3 is 0 Å². The van der Waals surface area contributed by atoms with Gasteiger partial charge in [0.25, 0.3) is 5.91 Å². The highest BCUT2D eigenvalue weighted by atomic mass is 16.7. The summed E-state index contributed by atoms with van der Waals surface area (Å²) in [5.74, 6) is -0.441. The van der Waals surface area contributed by atoms with E-state index in [9.17, 15) is 9.59 Å². The molecule has 0 aromatic heterocycles. The van der Waals surface area contributed by atoms with Crippen molar-refractivity contribution < 1.29 is 14.4 Å². The van der Waals surface area contributed by atoms with Crippen molar-refractivity contribution >= 4 is 11.7 Å². The Balaban J connectivity index is 2.46. The van der Waals surface area contributed by atoms with E-state index < -0.39 is 0 Å². The number of rotatable bonds is 5. The lowest BCUT2D eigenvalue weighted by molar-refractivity contribution is -0.169. The molecule has 0 heterocycles. The molecule has 1 amide bonds. The predicted octanol–water partition coefficient (Wildman–Crippen LogP) is 1.21. The highest BCUT2D eigenvalue weighted by Gasteiger charge is 2.13. The predicted molar refractivity (Wildman–Crippen MR) is 59.5 cm³/mol. The quantitative estimate of drug-likeness (QED) is 0.554. The summed E-state index contributed by atoms with van der Waals surface area (Å²) in [6, 6.07) is 9.35. The van der Waals surface area contributed by atoms with Crippen LogP contribution in [0.3, 0.4) is 0 Å². The van der Waals surface area contributed by atoms with Gasteiger partial charge in [0, 0.05) is 13.5 Å². The molecule has 0 bridgehead atoms. The zero-order valence-electron chi connectivity index (χ0n) is 9.47. The van der Waals surface area contributed by atoms with E-state index in [4.69, 9.17) is 4.84 Å². The normalized spacial score (nSPS) is 9.88. The molecule has 0 aliphatic rings. The maximum absolute atomic E-state index is 11.5. The lowest BCUT2D eigenvalue weighted by Gasteiger charge is -2.12. The molecule has 4 heteroatoms. The molecule has 0 spiro atoms. The molecule has 0 saturated heterocycles. The van der Waals surface area contributed by atoms with Crippen LogP contribution in [0.15, 0.2) is 30.3 Å². The molecule has 1 aromatic rings. The summed E-state index contributed by atoms with van der Waals surface area (Å²) < 4.78 is 0. The SMILES string of the molecule is CON(C)C(=O)CC(=O)Cc1ccccc1. The second kappa shape index (κ2) is 6.02. The van der Waals surface area contributed by atoms with Gasteiger partial charge in [-0.05, 0) is 5.56 Å². The molecule has 86 valence electrons. The number of benzene rings is 1. The number of Topliss-reactive ketones (excluding diaryl/α,β-unsaturated/α-hetero) is 1. The Hall–Kier alpha value is -1.68. The van der Waals surface area contributed by atoms with Crippen LogP contribution in [0.4, 0.5) is 0 Å². The van der Waals surface area contributed by atoms with Crippen LogP contribution in [0.2, 0.25) is 0 Å². The summed E-state index contributed by atoms with van der Waals surface area (Å²) in [5.41, 5.74) is 0.917. The van der Waals surface area contributed by atoms with Crippen molar-refractivity contribution in [1.29, 1.82) is 0 Å². The number of carbonyl (C=O) groups is 2.